The Morgan fingerprint density at radius 3 is 1.30 bits per heavy atom. The predicted molar refractivity (Wildman–Crippen MR) is 81.9 cm³/mol. The van der Waals surface area contributed by atoms with Crippen molar-refractivity contribution < 1.29 is 10.2 Å². The molecule has 2 rings (SSSR count). The third-order valence-corrected chi connectivity index (χ3v) is 3.13. The summed E-state index contributed by atoms with van der Waals surface area (Å²) in [6.45, 7) is -0.139. The first kappa shape index (κ1) is 14.4. The van der Waals surface area contributed by atoms with Crippen LogP contribution in [0.3, 0.4) is 0 Å². The number of hydrogen-bond acceptors (Lipinski definition) is 4. The Hall–Kier alpha value is -2.04. The molecule has 2 aromatic rings. The second-order valence-electron chi connectivity index (χ2n) is 4.60. The molecule has 0 saturated heterocycles. The van der Waals surface area contributed by atoms with Gasteiger partial charge in [-0.3, -0.25) is 0 Å². The Balaban J connectivity index is 2.04. The minimum Gasteiger partial charge on any atom is -0.394 e. The van der Waals surface area contributed by atoms with Crippen molar-refractivity contribution in [2.75, 3.05) is 23.8 Å². The third kappa shape index (κ3) is 3.98. The van der Waals surface area contributed by atoms with E-state index in [9.17, 15) is 10.2 Å². The number of nitrogens with one attached hydrogen (secondary N) is 2. The molecule has 106 valence electrons. The van der Waals surface area contributed by atoms with Crippen molar-refractivity contribution in [3.8, 4) is 0 Å². The molecule has 0 aliphatic heterocycles. The monoisotopic (exact) mass is 272 g/mol. The van der Waals surface area contributed by atoms with Crippen LogP contribution in [-0.4, -0.2) is 35.5 Å². The van der Waals surface area contributed by atoms with Crippen LogP contribution in [0.25, 0.3) is 0 Å². The maximum Gasteiger partial charge on any atom is 0.0715 e. The standard InChI is InChI=1S/C16H20N2O2/c19-11-15(17-13-7-3-1-4-8-13)16(12-20)18-14-9-5-2-6-10-14/h1-10,15-20H,11-12H2/t15-,16-/m1/s1. The lowest BCUT2D eigenvalue weighted by molar-refractivity contribution is 0.215. The molecule has 0 aliphatic rings. The summed E-state index contributed by atoms with van der Waals surface area (Å²) in [4.78, 5) is 0. The summed E-state index contributed by atoms with van der Waals surface area (Å²) < 4.78 is 0. The van der Waals surface area contributed by atoms with Crippen molar-refractivity contribution in [3.63, 3.8) is 0 Å². The van der Waals surface area contributed by atoms with E-state index < -0.39 is 0 Å². The molecule has 0 fully saturated rings. The third-order valence-electron chi connectivity index (χ3n) is 3.13. The number of rotatable bonds is 7. The second kappa shape index (κ2) is 7.53. The Labute approximate surface area is 119 Å². The average molecular weight is 272 g/mol. The van der Waals surface area contributed by atoms with Gasteiger partial charge in [-0.05, 0) is 24.3 Å². The van der Waals surface area contributed by atoms with Gasteiger partial charge in [0.1, 0.15) is 0 Å². The van der Waals surface area contributed by atoms with E-state index in [1.54, 1.807) is 0 Å². The zero-order valence-corrected chi connectivity index (χ0v) is 11.2. The van der Waals surface area contributed by atoms with Crippen molar-refractivity contribution in [1.82, 2.24) is 0 Å². The highest BCUT2D eigenvalue weighted by Gasteiger charge is 2.19. The molecule has 2 atom stereocenters. The van der Waals surface area contributed by atoms with Gasteiger partial charge in [-0.1, -0.05) is 36.4 Å². The molecule has 0 radical (unpaired) electrons. The van der Waals surface area contributed by atoms with Crippen LogP contribution < -0.4 is 10.6 Å². The highest BCUT2D eigenvalue weighted by molar-refractivity contribution is 5.47. The molecular formula is C16H20N2O2. The van der Waals surface area contributed by atoms with Gasteiger partial charge in [0, 0.05) is 11.4 Å². The fraction of sp³-hybridized carbons (Fsp3) is 0.250. The molecule has 0 saturated carbocycles. The SMILES string of the molecule is OC[C@@H](Nc1ccccc1)[C@@H](CO)Nc1ccccc1. The van der Waals surface area contributed by atoms with E-state index in [1.807, 2.05) is 60.7 Å². The molecule has 4 heteroatoms. The van der Waals surface area contributed by atoms with E-state index in [2.05, 4.69) is 10.6 Å². The highest BCUT2D eigenvalue weighted by Crippen LogP contribution is 2.13. The molecule has 0 amide bonds. The highest BCUT2D eigenvalue weighted by atomic mass is 16.3. The van der Waals surface area contributed by atoms with E-state index in [1.165, 1.54) is 0 Å². The number of anilines is 2. The quantitative estimate of drug-likeness (QED) is 0.622. The Morgan fingerprint density at radius 1 is 0.650 bits per heavy atom. The molecule has 0 heterocycles. The Bertz CT molecular complexity index is 443. The van der Waals surface area contributed by atoms with E-state index in [4.69, 9.17) is 0 Å². The summed E-state index contributed by atoms with van der Waals surface area (Å²) in [7, 11) is 0. The summed E-state index contributed by atoms with van der Waals surface area (Å²) in [6.07, 6.45) is 0. The van der Waals surface area contributed by atoms with Gasteiger partial charge in [0.05, 0.1) is 25.3 Å². The molecule has 0 unspecified atom stereocenters. The Morgan fingerprint density at radius 2 is 1.00 bits per heavy atom. The number of hydrogen-bond donors (Lipinski definition) is 4. The van der Waals surface area contributed by atoms with Crippen molar-refractivity contribution in [1.29, 1.82) is 0 Å². The van der Waals surface area contributed by atoms with Gasteiger partial charge in [-0.2, -0.15) is 0 Å². The van der Waals surface area contributed by atoms with Gasteiger partial charge in [0.15, 0.2) is 0 Å². The molecule has 0 aliphatic carbocycles. The number of aliphatic hydroxyl groups is 2. The number of aliphatic hydroxyl groups excluding tert-OH is 2. The first-order valence-corrected chi connectivity index (χ1v) is 6.68. The maximum atomic E-state index is 9.55. The summed E-state index contributed by atoms with van der Waals surface area (Å²) >= 11 is 0. The first-order valence-electron chi connectivity index (χ1n) is 6.68. The van der Waals surface area contributed by atoms with Crippen molar-refractivity contribution in [2.45, 2.75) is 12.1 Å². The van der Waals surface area contributed by atoms with Gasteiger partial charge in [-0.25, -0.2) is 0 Å². The van der Waals surface area contributed by atoms with Gasteiger partial charge in [0.25, 0.3) is 0 Å². The van der Waals surface area contributed by atoms with Crippen LogP contribution in [0.5, 0.6) is 0 Å². The number of para-hydroxylation sites is 2. The molecule has 0 aromatic heterocycles. The summed E-state index contributed by atoms with van der Waals surface area (Å²) in [5, 5.41) is 25.6. The topological polar surface area (TPSA) is 64.5 Å². The van der Waals surface area contributed by atoms with Crippen LogP contribution in [0.2, 0.25) is 0 Å². The normalized spacial score (nSPS) is 13.5. The zero-order valence-electron chi connectivity index (χ0n) is 11.2. The fourth-order valence-electron chi connectivity index (χ4n) is 2.04. The smallest absolute Gasteiger partial charge is 0.0715 e. The minimum absolute atomic E-state index is 0.0695. The van der Waals surface area contributed by atoms with Crippen LogP contribution in [0.1, 0.15) is 0 Å². The van der Waals surface area contributed by atoms with E-state index in [0.29, 0.717) is 0 Å². The second-order valence-corrected chi connectivity index (χ2v) is 4.60. The fourth-order valence-corrected chi connectivity index (χ4v) is 2.04. The van der Waals surface area contributed by atoms with Crippen molar-refractivity contribution in [2.24, 2.45) is 0 Å². The van der Waals surface area contributed by atoms with E-state index in [-0.39, 0.29) is 25.3 Å². The molecule has 20 heavy (non-hydrogen) atoms. The van der Waals surface area contributed by atoms with Crippen LogP contribution in [-0.2, 0) is 0 Å². The van der Waals surface area contributed by atoms with Gasteiger partial charge < -0.3 is 20.8 Å². The van der Waals surface area contributed by atoms with E-state index >= 15 is 0 Å². The maximum absolute atomic E-state index is 9.55. The molecule has 2 aromatic carbocycles. The van der Waals surface area contributed by atoms with Crippen LogP contribution in [0, 0.1) is 0 Å². The van der Waals surface area contributed by atoms with Gasteiger partial charge in [-0.15, -0.1) is 0 Å². The molecule has 0 bridgehead atoms. The van der Waals surface area contributed by atoms with Crippen LogP contribution >= 0.6 is 0 Å². The predicted octanol–water partition coefficient (Wildman–Crippen LogP) is 1.93. The number of benzene rings is 2. The largest absolute Gasteiger partial charge is 0.394 e. The van der Waals surface area contributed by atoms with Crippen LogP contribution in [0.15, 0.2) is 60.7 Å². The first-order chi connectivity index (χ1) is 9.83. The lowest BCUT2D eigenvalue weighted by atomic mass is 10.1. The molecular weight excluding hydrogens is 252 g/mol. The molecule has 4 nitrogen and oxygen atoms in total. The van der Waals surface area contributed by atoms with E-state index in [0.717, 1.165) is 11.4 Å². The van der Waals surface area contributed by atoms with Crippen molar-refractivity contribution in [3.05, 3.63) is 60.7 Å². The zero-order chi connectivity index (χ0) is 14.2. The molecule has 0 spiro atoms. The van der Waals surface area contributed by atoms with Gasteiger partial charge >= 0.3 is 0 Å². The van der Waals surface area contributed by atoms with Crippen molar-refractivity contribution >= 4 is 11.4 Å². The lowest BCUT2D eigenvalue weighted by Gasteiger charge is -2.27. The minimum atomic E-state index is -0.275. The van der Waals surface area contributed by atoms with Crippen LogP contribution in [0.4, 0.5) is 11.4 Å². The summed E-state index contributed by atoms with van der Waals surface area (Å²) in [5.74, 6) is 0. The summed E-state index contributed by atoms with van der Waals surface area (Å²) in [5.41, 5.74) is 1.83. The lowest BCUT2D eigenvalue weighted by Crippen LogP contribution is -2.44. The Kier molecular flexibility index (Phi) is 5.41. The molecule has 4 N–H and O–H groups in total. The van der Waals surface area contributed by atoms with Gasteiger partial charge in [0.2, 0.25) is 0 Å². The average Bonchev–Trinajstić information content (AvgIpc) is 2.52. The summed E-state index contributed by atoms with van der Waals surface area (Å²) in [6, 6.07) is 18.7.